The fourth-order valence-electron chi connectivity index (χ4n) is 1.97. The van der Waals surface area contributed by atoms with Crippen molar-refractivity contribution in [3.8, 4) is 22.8 Å². The van der Waals surface area contributed by atoms with Crippen molar-refractivity contribution in [1.29, 1.82) is 0 Å². The van der Waals surface area contributed by atoms with Crippen LogP contribution in [0, 0.1) is 0 Å². The van der Waals surface area contributed by atoms with Gasteiger partial charge in [-0.3, -0.25) is 4.79 Å². The minimum Gasteiger partial charge on any atom is -0.503 e. The topological polar surface area (TPSA) is 62.3 Å². The number of pyridine rings is 1. The van der Waals surface area contributed by atoms with Crippen molar-refractivity contribution in [2.45, 2.75) is 0 Å². The molecule has 96 valence electrons. The molecule has 1 aromatic carbocycles. The molecule has 19 heavy (non-hydrogen) atoms. The van der Waals surface area contributed by atoms with Crippen molar-refractivity contribution in [2.24, 2.45) is 0 Å². The first-order chi connectivity index (χ1) is 9.20. The van der Waals surface area contributed by atoms with Crippen LogP contribution < -0.4 is 10.2 Å². The Hall–Kier alpha value is -2.27. The highest BCUT2D eigenvalue weighted by Crippen LogP contribution is 2.29. The van der Waals surface area contributed by atoms with Gasteiger partial charge in [-0.25, -0.2) is 0 Å². The molecule has 4 nitrogen and oxygen atoms in total. The zero-order valence-corrected chi connectivity index (χ0v) is 11.0. The van der Waals surface area contributed by atoms with E-state index < -0.39 is 0 Å². The first kappa shape index (κ1) is 11.8. The molecule has 0 aliphatic carbocycles. The number of rotatable bonds is 2. The van der Waals surface area contributed by atoms with Gasteiger partial charge in [0, 0.05) is 5.56 Å². The summed E-state index contributed by atoms with van der Waals surface area (Å²) in [5, 5.41) is 11.8. The molecular weight excluding hydrogens is 262 g/mol. The normalized spacial score (nSPS) is 10.8. The summed E-state index contributed by atoms with van der Waals surface area (Å²) in [5.41, 5.74) is 1.57. The van der Waals surface area contributed by atoms with Crippen molar-refractivity contribution in [3.63, 3.8) is 0 Å². The minimum absolute atomic E-state index is 0.250. The fourth-order valence-corrected chi connectivity index (χ4v) is 2.76. The van der Waals surface area contributed by atoms with Crippen LogP contribution in [0.5, 0.6) is 11.5 Å². The smallest absolute Gasteiger partial charge is 0.241 e. The van der Waals surface area contributed by atoms with E-state index in [1.54, 1.807) is 31.4 Å². The molecule has 2 N–H and O–H groups in total. The van der Waals surface area contributed by atoms with Crippen LogP contribution in [-0.2, 0) is 0 Å². The summed E-state index contributed by atoms with van der Waals surface area (Å²) in [6.07, 6.45) is 0. The molecule has 0 saturated carbocycles. The van der Waals surface area contributed by atoms with Crippen LogP contribution in [0.25, 0.3) is 21.5 Å². The Balaban J connectivity index is 2.23. The standard InChI is InChI=1S/C14H11NO3S/c1-18-9-4-2-8(3-5-9)11-12(16)13(17)14-10(15-11)6-7-19-14/h2-7,16H,1H3,(H,15,17). The minimum atomic E-state index is -0.338. The molecule has 0 radical (unpaired) electrons. The van der Waals surface area contributed by atoms with Crippen LogP contribution in [0.3, 0.4) is 0 Å². The summed E-state index contributed by atoms with van der Waals surface area (Å²) in [7, 11) is 1.59. The number of H-pyrrole nitrogens is 1. The van der Waals surface area contributed by atoms with Crippen LogP contribution in [0.2, 0.25) is 0 Å². The molecular formula is C14H11NO3S. The number of hydrogen-bond acceptors (Lipinski definition) is 4. The highest BCUT2D eigenvalue weighted by molar-refractivity contribution is 7.17. The SMILES string of the molecule is COc1ccc(-c2[nH]c3ccsc3c(=O)c2O)cc1. The Labute approximate surface area is 112 Å². The van der Waals surface area contributed by atoms with Gasteiger partial charge in [0.2, 0.25) is 5.43 Å². The average molecular weight is 273 g/mol. The van der Waals surface area contributed by atoms with Crippen molar-refractivity contribution in [1.82, 2.24) is 4.98 Å². The van der Waals surface area contributed by atoms with E-state index in [2.05, 4.69) is 4.98 Å². The Bertz CT molecular complexity index is 787. The molecule has 3 aromatic rings. The van der Waals surface area contributed by atoms with E-state index in [1.165, 1.54) is 11.3 Å². The number of methoxy groups -OCH3 is 1. The van der Waals surface area contributed by atoms with Crippen molar-refractivity contribution < 1.29 is 9.84 Å². The number of aromatic nitrogens is 1. The maximum atomic E-state index is 12.0. The number of hydrogen-bond donors (Lipinski definition) is 2. The van der Waals surface area contributed by atoms with Gasteiger partial charge in [-0.05, 0) is 35.7 Å². The molecule has 0 atom stereocenters. The third-order valence-electron chi connectivity index (χ3n) is 2.96. The fraction of sp³-hybridized carbons (Fsp3) is 0.0714. The number of aromatic amines is 1. The second-order valence-electron chi connectivity index (χ2n) is 4.07. The van der Waals surface area contributed by atoms with E-state index in [0.717, 1.165) is 16.8 Å². The monoisotopic (exact) mass is 273 g/mol. The summed E-state index contributed by atoms with van der Waals surface area (Å²) in [6, 6.07) is 8.98. The summed E-state index contributed by atoms with van der Waals surface area (Å²) in [5.74, 6) is 0.474. The highest BCUT2D eigenvalue weighted by atomic mass is 32.1. The number of thiophene rings is 1. The van der Waals surface area contributed by atoms with Gasteiger partial charge >= 0.3 is 0 Å². The predicted molar refractivity (Wildman–Crippen MR) is 76.1 cm³/mol. The van der Waals surface area contributed by atoms with Gasteiger partial charge in [-0.2, -0.15) is 0 Å². The zero-order valence-electron chi connectivity index (χ0n) is 10.1. The third-order valence-corrected chi connectivity index (χ3v) is 3.87. The lowest BCUT2D eigenvalue weighted by Crippen LogP contribution is -2.02. The maximum absolute atomic E-state index is 12.0. The summed E-state index contributed by atoms with van der Waals surface area (Å²) in [6.45, 7) is 0. The van der Waals surface area contributed by atoms with Crippen LogP contribution in [0.4, 0.5) is 0 Å². The first-order valence-electron chi connectivity index (χ1n) is 5.67. The van der Waals surface area contributed by atoms with E-state index in [0.29, 0.717) is 10.4 Å². The second-order valence-corrected chi connectivity index (χ2v) is 4.99. The van der Waals surface area contributed by atoms with E-state index in [1.807, 2.05) is 11.4 Å². The van der Waals surface area contributed by atoms with Crippen molar-refractivity contribution in [3.05, 3.63) is 45.9 Å². The zero-order chi connectivity index (χ0) is 13.4. The molecule has 5 heteroatoms. The quantitative estimate of drug-likeness (QED) is 0.754. The molecule has 0 amide bonds. The Morgan fingerprint density at radius 2 is 1.95 bits per heavy atom. The number of ether oxygens (including phenoxy) is 1. The third kappa shape index (κ3) is 1.88. The second kappa shape index (κ2) is 4.44. The van der Waals surface area contributed by atoms with Crippen LogP contribution in [0.15, 0.2) is 40.5 Å². The molecule has 0 unspecified atom stereocenters. The molecule has 0 saturated heterocycles. The number of benzene rings is 1. The summed E-state index contributed by atoms with van der Waals surface area (Å²) in [4.78, 5) is 15.1. The van der Waals surface area contributed by atoms with E-state index in [9.17, 15) is 9.90 Å². The van der Waals surface area contributed by atoms with Crippen LogP contribution in [0.1, 0.15) is 0 Å². The van der Waals surface area contributed by atoms with E-state index >= 15 is 0 Å². The predicted octanol–water partition coefficient (Wildman–Crippen LogP) is 2.97. The molecule has 0 aliphatic heterocycles. The largest absolute Gasteiger partial charge is 0.503 e. The number of aromatic hydroxyl groups is 1. The Morgan fingerprint density at radius 1 is 1.21 bits per heavy atom. The highest BCUT2D eigenvalue weighted by Gasteiger charge is 2.13. The number of fused-ring (bicyclic) bond motifs is 1. The van der Waals surface area contributed by atoms with Crippen molar-refractivity contribution in [2.75, 3.05) is 7.11 Å². The molecule has 0 fully saturated rings. The molecule has 0 spiro atoms. The first-order valence-corrected chi connectivity index (χ1v) is 6.55. The molecule has 3 rings (SSSR count). The van der Waals surface area contributed by atoms with Gasteiger partial charge in [-0.15, -0.1) is 11.3 Å². The Morgan fingerprint density at radius 3 is 2.63 bits per heavy atom. The van der Waals surface area contributed by atoms with Gasteiger partial charge in [0.15, 0.2) is 5.75 Å². The Kier molecular flexibility index (Phi) is 2.76. The maximum Gasteiger partial charge on any atom is 0.241 e. The summed E-state index contributed by atoms with van der Waals surface area (Å²) < 4.78 is 5.62. The molecule has 2 heterocycles. The average Bonchev–Trinajstić information content (AvgIpc) is 2.91. The van der Waals surface area contributed by atoms with Gasteiger partial charge < -0.3 is 14.8 Å². The molecule has 2 aromatic heterocycles. The van der Waals surface area contributed by atoms with Gasteiger partial charge in [0.1, 0.15) is 10.4 Å². The molecule has 0 bridgehead atoms. The van der Waals surface area contributed by atoms with Crippen LogP contribution in [-0.4, -0.2) is 17.2 Å². The van der Waals surface area contributed by atoms with Gasteiger partial charge in [0.25, 0.3) is 0 Å². The lowest BCUT2D eigenvalue weighted by molar-refractivity contribution is 0.415. The lowest BCUT2D eigenvalue weighted by Gasteiger charge is -2.06. The van der Waals surface area contributed by atoms with E-state index in [-0.39, 0.29) is 11.2 Å². The number of nitrogens with one attached hydrogen (secondary N) is 1. The van der Waals surface area contributed by atoms with Crippen molar-refractivity contribution >= 4 is 21.6 Å². The van der Waals surface area contributed by atoms with Gasteiger partial charge in [-0.1, -0.05) is 0 Å². The van der Waals surface area contributed by atoms with Gasteiger partial charge in [0.05, 0.1) is 18.3 Å². The van der Waals surface area contributed by atoms with Crippen LogP contribution >= 0.6 is 11.3 Å². The molecule has 0 aliphatic rings. The lowest BCUT2D eigenvalue weighted by atomic mass is 10.1. The summed E-state index contributed by atoms with van der Waals surface area (Å²) >= 11 is 1.31. The van der Waals surface area contributed by atoms with E-state index in [4.69, 9.17) is 4.74 Å².